The van der Waals surface area contributed by atoms with Gasteiger partial charge in [0.25, 0.3) is 0 Å². The van der Waals surface area contributed by atoms with E-state index in [-0.39, 0.29) is 5.15 Å². The molecule has 78 valence electrons. The molecule has 0 fully saturated rings. The molecule has 0 radical (unpaired) electrons. The van der Waals surface area contributed by atoms with E-state index in [4.69, 9.17) is 34.8 Å². The van der Waals surface area contributed by atoms with Crippen molar-refractivity contribution < 1.29 is 0 Å². The Balaban J connectivity index is 2.58. The van der Waals surface area contributed by atoms with Gasteiger partial charge in [-0.15, -0.1) is 11.3 Å². The molecule has 2 aromatic rings. The van der Waals surface area contributed by atoms with E-state index in [2.05, 4.69) is 4.98 Å². The number of halogens is 3. The van der Waals surface area contributed by atoms with Gasteiger partial charge in [-0.3, -0.25) is 0 Å². The smallest absolute Gasteiger partial charge is 0.148 e. The van der Waals surface area contributed by atoms with Crippen molar-refractivity contribution >= 4 is 46.1 Å². The fraction of sp³-hybridized carbons (Fsp3) is 0.100. The minimum atomic E-state index is 0.278. The van der Waals surface area contributed by atoms with Crippen LogP contribution in [-0.2, 0) is 0 Å². The Labute approximate surface area is 107 Å². The monoisotopic (exact) mass is 277 g/mol. The molecule has 0 saturated heterocycles. The molecule has 0 unspecified atom stereocenters. The zero-order valence-electron chi connectivity index (χ0n) is 7.72. The van der Waals surface area contributed by atoms with Crippen molar-refractivity contribution in [3.05, 3.63) is 37.6 Å². The first-order valence-electron chi connectivity index (χ1n) is 4.15. The van der Waals surface area contributed by atoms with E-state index in [1.54, 1.807) is 17.4 Å². The van der Waals surface area contributed by atoms with Crippen molar-refractivity contribution in [3.63, 3.8) is 0 Å². The summed E-state index contributed by atoms with van der Waals surface area (Å²) in [5.41, 5.74) is 1.65. The highest BCUT2D eigenvalue weighted by atomic mass is 35.5. The van der Waals surface area contributed by atoms with Crippen molar-refractivity contribution in [2.75, 3.05) is 0 Å². The third kappa shape index (κ3) is 2.28. The van der Waals surface area contributed by atoms with Crippen molar-refractivity contribution in [2.45, 2.75) is 6.92 Å². The SMILES string of the molecule is Cc1cc(-c2nc(Cl)c(Cl)cc2Cl)cs1. The van der Waals surface area contributed by atoms with Gasteiger partial charge in [-0.05, 0) is 19.1 Å². The van der Waals surface area contributed by atoms with E-state index < -0.39 is 0 Å². The first kappa shape index (κ1) is 11.2. The van der Waals surface area contributed by atoms with Gasteiger partial charge in [0.05, 0.1) is 15.7 Å². The lowest BCUT2D eigenvalue weighted by Gasteiger charge is -2.02. The number of thiophene rings is 1. The summed E-state index contributed by atoms with van der Waals surface area (Å²) in [4.78, 5) is 5.37. The van der Waals surface area contributed by atoms with Gasteiger partial charge < -0.3 is 0 Å². The maximum absolute atomic E-state index is 6.04. The molecule has 0 bridgehead atoms. The van der Waals surface area contributed by atoms with Crippen molar-refractivity contribution in [2.24, 2.45) is 0 Å². The average molecular weight is 279 g/mol. The molecule has 0 N–H and O–H groups in total. The van der Waals surface area contributed by atoms with Crippen molar-refractivity contribution in [3.8, 4) is 11.3 Å². The second kappa shape index (κ2) is 4.30. The number of pyridine rings is 1. The maximum atomic E-state index is 6.04. The molecule has 5 heteroatoms. The topological polar surface area (TPSA) is 12.9 Å². The predicted octanol–water partition coefficient (Wildman–Crippen LogP) is 5.08. The molecule has 1 nitrogen and oxygen atoms in total. The molecular formula is C10H6Cl3NS. The molecule has 0 atom stereocenters. The first-order valence-corrected chi connectivity index (χ1v) is 6.16. The Morgan fingerprint density at radius 1 is 1.13 bits per heavy atom. The van der Waals surface area contributed by atoms with Crippen LogP contribution in [0.2, 0.25) is 15.2 Å². The Hall–Kier alpha value is -0.280. The molecule has 2 rings (SSSR count). The summed E-state index contributed by atoms with van der Waals surface area (Å²) in [7, 11) is 0. The predicted molar refractivity (Wildman–Crippen MR) is 67.3 cm³/mol. The Morgan fingerprint density at radius 2 is 1.87 bits per heavy atom. The van der Waals surface area contributed by atoms with E-state index in [1.807, 2.05) is 18.4 Å². The molecule has 0 aliphatic carbocycles. The second-order valence-electron chi connectivity index (χ2n) is 3.04. The molecule has 15 heavy (non-hydrogen) atoms. The van der Waals surface area contributed by atoms with Gasteiger partial charge in [0.15, 0.2) is 0 Å². The normalized spacial score (nSPS) is 10.7. The number of rotatable bonds is 1. The summed E-state index contributed by atoms with van der Waals surface area (Å²) in [6.45, 7) is 2.03. The number of aromatic nitrogens is 1. The van der Waals surface area contributed by atoms with Gasteiger partial charge in [-0.25, -0.2) is 4.98 Å². The fourth-order valence-electron chi connectivity index (χ4n) is 1.21. The Bertz CT molecular complexity index is 507. The molecule has 0 aliphatic rings. The molecular weight excluding hydrogens is 273 g/mol. The van der Waals surface area contributed by atoms with Crippen LogP contribution < -0.4 is 0 Å². The quantitative estimate of drug-likeness (QED) is 0.663. The third-order valence-electron chi connectivity index (χ3n) is 1.89. The summed E-state index contributed by atoms with van der Waals surface area (Å²) in [5, 5.41) is 3.16. The molecule has 2 heterocycles. The second-order valence-corrected chi connectivity index (χ2v) is 5.33. The van der Waals surface area contributed by atoms with Crippen LogP contribution in [0.25, 0.3) is 11.3 Å². The van der Waals surface area contributed by atoms with E-state index in [0.29, 0.717) is 15.7 Å². The lowest BCUT2D eigenvalue weighted by atomic mass is 10.2. The summed E-state index contributed by atoms with van der Waals surface area (Å²) in [6, 6.07) is 3.63. The van der Waals surface area contributed by atoms with Gasteiger partial charge in [0.2, 0.25) is 0 Å². The lowest BCUT2D eigenvalue weighted by molar-refractivity contribution is 1.33. The van der Waals surface area contributed by atoms with E-state index in [1.165, 1.54) is 4.88 Å². The molecule has 0 spiro atoms. The maximum Gasteiger partial charge on any atom is 0.148 e. The largest absolute Gasteiger partial charge is 0.233 e. The zero-order valence-corrected chi connectivity index (χ0v) is 10.8. The zero-order chi connectivity index (χ0) is 11.0. The molecule has 0 aromatic carbocycles. The van der Waals surface area contributed by atoms with Crippen LogP contribution in [0.4, 0.5) is 0 Å². The highest BCUT2D eigenvalue weighted by Crippen LogP contribution is 2.33. The number of nitrogens with zero attached hydrogens (tertiary/aromatic N) is 1. The van der Waals surface area contributed by atoms with Gasteiger partial charge in [0, 0.05) is 15.8 Å². The molecule has 0 amide bonds. The highest BCUT2D eigenvalue weighted by Gasteiger charge is 2.10. The van der Waals surface area contributed by atoms with Crippen molar-refractivity contribution in [1.29, 1.82) is 0 Å². The lowest BCUT2D eigenvalue weighted by Crippen LogP contribution is -1.85. The van der Waals surface area contributed by atoms with Crippen LogP contribution >= 0.6 is 46.1 Å². The average Bonchev–Trinajstić information content (AvgIpc) is 2.58. The molecule has 2 aromatic heterocycles. The van der Waals surface area contributed by atoms with Gasteiger partial charge in [-0.1, -0.05) is 34.8 Å². The number of hydrogen-bond donors (Lipinski definition) is 0. The van der Waals surface area contributed by atoms with E-state index in [9.17, 15) is 0 Å². The van der Waals surface area contributed by atoms with E-state index >= 15 is 0 Å². The molecule has 0 aliphatic heterocycles. The van der Waals surface area contributed by atoms with Crippen molar-refractivity contribution in [1.82, 2.24) is 4.98 Å². The molecule has 0 saturated carbocycles. The van der Waals surface area contributed by atoms with Gasteiger partial charge in [-0.2, -0.15) is 0 Å². The van der Waals surface area contributed by atoms with Crippen LogP contribution in [0, 0.1) is 6.92 Å². The van der Waals surface area contributed by atoms with Crippen LogP contribution in [0.3, 0.4) is 0 Å². The Morgan fingerprint density at radius 3 is 2.47 bits per heavy atom. The van der Waals surface area contributed by atoms with E-state index in [0.717, 1.165) is 5.56 Å². The fourth-order valence-corrected chi connectivity index (χ4v) is 2.51. The Kier molecular flexibility index (Phi) is 3.21. The third-order valence-corrected chi connectivity index (χ3v) is 3.71. The summed E-state index contributed by atoms with van der Waals surface area (Å²) in [5.74, 6) is 0. The highest BCUT2D eigenvalue weighted by molar-refractivity contribution is 7.10. The van der Waals surface area contributed by atoms with Crippen LogP contribution in [0.1, 0.15) is 4.88 Å². The standard InChI is InChI=1S/C10H6Cl3NS/c1-5-2-6(4-15-5)9-7(11)3-8(12)10(13)14-9/h2-4H,1H3. The van der Waals surface area contributed by atoms with Crippen LogP contribution in [0.15, 0.2) is 17.5 Å². The first-order chi connectivity index (χ1) is 7.08. The summed E-state index contributed by atoms with van der Waals surface area (Å²) in [6.07, 6.45) is 0. The van der Waals surface area contributed by atoms with Gasteiger partial charge in [0.1, 0.15) is 5.15 Å². The number of aryl methyl sites for hydroxylation is 1. The van der Waals surface area contributed by atoms with Gasteiger partial charge >= 0.3 is 0 Å². The van der Waals surface area contributed by atoms with Crippen LogP contribution in [0.5, 0.6) is 0 Å². The minimum Gasteiger partial charge on any atom is -0.233 e. The summed E-state index contributed by atoms with van der Waals surface area (Å²) < 4.78 is 0. The minimum absolute atomic E-state index is 0.278. The number of hydrogen-bond acceptors (Lipinski definition) is 2. The van der Waals surface area contributed by atoms with Crippen LogP contribution in [-0.4, -0.2) is 4.98 Å². The summed E-state index contributed by atoms with van der Waals surface area (Å²) >= 11 is 19.3.